The molecule has 1 heterocycles. The number of halogens is 2. The third kappa shape index (κ3) is 12.4. The van der Waals surface area contributed by atoms with E-state index in [1.165, 1.54) is 150 Å². The molecule has 0 aliphatic carbocycles. The second-order valence-corrected chi connectivity index (χ2v) is 21.9. The molecule has 0 bridgehead atoms. The first-order valence-electron chi connectivity index (χ1n) is 23.8. The van der Waals surface area contributed by atoms with Crippen molar-refractivity contribution in [2.75, 3.05) is 0 Å². The number of fused-ring (bicyclic) bond motifs is 5. The van der Waals surface area contributed by atoms with Crippen molar-refractivity contribution in [1.29, 1.82) is 0 Å². The molecule has 9 rings (SSSR count). The fourth-order valence-electron chi connectivity index (χ4n) is 9.29. The van der Waals surface area contributed by atoms with E-state index in [1.807, 2.05) is 6.07 Å². The Morgan fingerprint density at radius 2 is 0.938 bits per heavy atom. The summed E-state index contributed by atoms with van der Waals surface area (Å²) >= 11 is -0.826. The van der Waals surface area contributed by atoms with E-state index >= 15 is 0 Å². The van der Waals surface area contributed by atoms with E-state index in [0.29, 0.717) is 0 Å². The zero-order valence-electron chi connectivity index (χ0n) is 39.0. The van der Waals surface area contributed by atoms with Gasteiger partial charge in [-0.25, -0.2) is 0 Å². The Kier molecular flexibility index (Phi) is 20.0. The molecule has 0 spiro atoms. The van der Waals surface area contributed by atoms with Crippen LogP contribution in [0.25, 0.3) is 54.9 Å². The van der Waals surface area contributed by atoms with Crippen LogP contribution in [0.2, 0.25) is 0 Å². The molecule has 1 aliphatic rings. The summed E-state index contributed by atoms with van der Waals surface area (Å²) in [7, 11) is 10.7. The summed E-state index contributed by atoms with van der Waals surface area (Å²) in [5.74, 6) is 0. The van der Waals surface area contributed by atoms with Gasteiger partial charge in [-0.2, -0.15) is 41.6 Å². The van der Waals surface area contributed by atoms with Gasteiger partial charge in [-0.1, -0.05) is 186 Å². The first-order valence-corrected chi connectivity index (χ1v) is 31.2. The average Bonchev–Trinajstić information content (AvgIpc) is 4.06. The second kappa shape index (κ2) is 25.8. The van der Waals surface area contributed by atoms with E-state index in [9.17, 15) is 0 Å². The van der Waals surface area contributed by atoms with Crippen LogP contribution in [-0.2, 0) is 59.4 Å². The normalized spacial score (nSPS) is 11.2. The topological polar surface area (TPSA) is 0 Å². The largest absolute Gasteiger partial charge is 0.184 e. The summed E-state index contributed by atoms with van der Waals surface area (Å²) in [4.78, 5) is 0. The zero-order valence-corrected chi connectivity index (χ0v) is 44.0. The van der Waals surface area contributed by atoms with Crippen LogP contribution in [0.15, 0.2) is 140 Å². The van der Waals surface area contributed by atoms with Gasteiger partial charge in [0, 0.05) is 0 Å². The summed E-state index contributed by atoms with van der Waals surface area (Å²) in [6.07, 6.45) is 14.3. The third-order valence-corrected chi connectivity index (χ3v) is 13.8. The number of aryl methyl sites for hydroxylation is 6. The number of hydrogen-bond donors (Lipinski definition) is 0. The van der Waals surface area contributed by atoms with Crippen LogP contribution in [0.5, 0.6) is 0 Å². The van der Waals surface area contributed by atoms with Crippen LogP contribution in [-0.4, -0.2) is 9.52 Å². The SMILES string of the molecule is CCCCc1cc2c(-c3ccccc3CC)c(CCC)ccc2[cH-]1.CCCCc1cc2c(-c3ccccc3CC)c(CCC)ccc2[cH-]1.[Cl][Zr][Cl].[c-]1cccc2c1[Si]c1ccccc1-2. The molecule has 0 atom stereocenters. The molecule has 0 unspecified atom stereocenters. The van der Waals surface area contributed by atoms with Crippen LogP contribution in [0, 0.1) is 6.07 Å². The second-order valence-electron chi connectivity index (χ2n) is 16.9. The Hall–Kier alpha value is -3.78. The third-order valence-electron chi connectivity index (χ3n) is 12.4. The van der Waals surface area contributed by atoms with Gasteiger partial charge in [-0.3, -0.25) is 0 Å². The number of hydrogen-bond acceptors (Lipinski definition) is 0. The predicted octanol–water partition coefficient (Wildman–Crippen LogP) is 16.7. The maximum absolute atomic E-state index is 4.93. The van der Waals surface area contributed by atoms with Gasteiger partial charge in [0.2, 0.25) is 0 Å². The summed E-state index contributed by atoms with van der Waals surface area (Å²) in [6.45, 7) is 13.6. The molecule has 0 amide bonds. The number of benzene rings is 6. The van der Waals surface area contributed by atoms with Gasteiger partial charge in [-0.15, -0.1) is 74.6 Å². The fourth-order valence-corrected chi connectivity index (χ4v) is 10.6. The van der Waals surface area contributed by atoms with E-state index < -0.39 is 20.8 Å². The first kappa shape index (κ1) is 49.6. The Balaban J connectivity index is 0.000000160. The molecule has 8 aromatic carbocycles. The molecule has 0 aromatic heterocycles. The molecule has 4 heteroatoms. The van der Waals surface area contributed by atoms with Crippen LogP contribution in [0.1, 0.15) is 113 Å². The van der Waals surface area contributed by atoms with Crippen LogP contribution in [0.3, 0.4) is 0 Å². The fraction of sp³-hybridized carbons (Fsp3) is 0.300. The van der Waals surface area contributed by atoms with Crippen molar-refractivity contribution in [3.05, 3.63) is 179 Å². The summed E-state index contributed by atoms with van der Waals surface area (Å²) in [5, 5.41) is 8.54. The molecule has 0 fully saturated rings. The summed E-state index contributed by atoms with van der Waals surface area (Å²) < 4.78 is 0. The first-order chi connectivity index (χ1) is 31.4. The van der Waals surface area contributed by atoms with Gasteiger partial charge in [-0.05, 0) is 60.8 Å². The Labute approximate surface area is 407 Å². The van der Waals surface area contributed by atoms with Crippen molar-refractivity contribution in [3.63, 3.8) is 0 Å². The predicted molar refractivity (Wildman–Crippen MR) is 281 cm³/mol. The molecule has 8 aromatic rings. The molecular formula is C60H65Cl2SiZr-3. The molecule has 330 valence electrons. The van der Waals surface area contributed by atoms with Gasteiger partial charge in [0.1, 0.15) is 0 Å². The Bertz CT molecular complexity index is 2500. The molecule has 2 radical (unpaired) electrons. The Morgan fingerprint density at radius 1 is 0.484 bits per heavy atom. The van der Waals surface area contributed by atoms with Crippen LogP contribution >= 0.6 is 17.0 Å². The van der Waals surface area contributed by atoms with Gasteiger partial charge in [0.25, 0.3) is 0 Å². The summed E-state index contributed by atoms with van der Waals surface area (Å²) in [5.41, 5.74) is 17.5. The van der Waals surface area contributed by atoms with Crippen molar-refractivity contribution in [2.45, 2.75) is 119 Å². The average molecular weight is 976 g/mol. The molecule has 64 heavy (non-hydrogen) atoms. The maximum Gasteiger partial charge on any atom is 0.0920 e. The minimum Gasteiger partial charge on any atom is -0.184 e. The number of unbranched alkanes of at least 4 members (excludes halogenated alkanes) is 2. The van der Waals surface area contributed by atoms with Crippen molar-refractivity contribution in [1.82, 2.24) is 0 Å². The molecular weight excluding hydrogens is 911 g/mol. The van der Waals surface area contributed by atoms with Gasteiger partial charge >= 0.3 is 37.9 Å². The zero-order chi connectivity index (χ0) is 45.3. The van der Waals surface area contributed by atoms with Crippen LogP contribution in [0.4, 0.5) is 0 Å². The minimum atomic E-state index is -0.826. The van der Waals surface area contributed by atoms with Crippen molar-refractivity contribution >= 4 is 58.5 Å². The number of rotatable bonds is 14. The smallest absolute Gasteiger partial charge is 0.0920 e. The quantitative estimate of drug-likeness (QED) is 0.0752. The Morgan fingerprint density at radius 3 is 1.41 bits per heavy atom. The van der Waals surface area contributed by atoms with E-state index in [-0.39, 0.29) is 0 Å². The van der Waals surface area contributed by atoms with E-state index in [1.54, 1.807) is 0 Å². The standard InChI is InChI=1S/2C24H29.C12H7Si.2ClH.Zr/c2*1-4-7-11-18-16-21-15-14-20(10-5-2)24(23(21)17-18)22-13-9-8-12-19(22)6-3;1-3-7-11-9(5-1)10-6-2-4-8-12(10)13-11;;;/h2*8-9,12-17H,4-7,10-11H2,1-3H3;1-7H;2*1H;/q3*-1;;;+2/p-2. The van der Waals surface area contributed by atoms with Crippen molar-refractivity contribution in [3.8, 4) is 33.4 Å². The molecule has 0 N–H and O–H groups in total. The molecule has 0 saturated heterocycles. The van der Waals surface area contributed by atoms with E-state index in [0.717, 1.165) is 35.2 Å². The van der Waals surface area contributed by atoms with Crippen molar-refractivity contribution < 1.29 is 20.8 Å². The molecule has 0 saturated carbocycles. The maximum atomic E-state index is 4.93. The van der Waals surface area contributed by atoms with Gasteiger partial charge in [0.15, 0.2) is 0 Å². The van der Waals surface area contributed by atoms with E-state index in [4.69, 9.17) is 17.0 Å². The van der Waals surface area contributed by atoms with Gasteiger partial charge in [0.05, 0.1) is 9.52 Å². The molecule has 0 nitrogen and oxygen atoms in total. The van der Waals surface area contributed by atoms with Gasteiger partial charge < -0.3 is 0 Å². The van der Waals surface area contributed by atoms with E-state index in [2.05, 4.69) is 181 Å². The summed E-state index contributed by atoms with van der Waals surface area (Å²) in [6, 6.07) is 55.1. The minimum absolute atomic E-state index is 0.795. The molecule has 1 aliphatic heterocycles. The van der Waals surface area contributed by atoms with Crippen molar-refractivity contribution in [2.24, 2.45) is 0 Å². The monoisotopic (exact) mass is 973 g/mol. The van der Waals surface area contributed by atoms with Crippen LogP contribution < -0.4 is 10.4 Å².